The Balaban J connectivity index is 2.42. The fraction of sp³-hybridized carbons (Fsp3) is 0.727. The van der Waals surface area contributed by atoms with Gasteiger partial charge in [0.25, 0.3) is 0 Å². The van der Waals surface area contributed by atoms with Gasteiger partial charge in [-0.25, -0.2) is 4.98 Å². The number of rotatable bonds is 6. The predicted molar refractivity (Wildman–Crippen MR) is 69.4 cm³/mol. The van der Waals surface area contributed by atoms with E-state index in [9.17, 15) is 0 Å². The molecule has 1 heterocycles. The predicted octanol–water partition coefficient (Wildman–Crippen LogP) is 2.45. The molecule has 0 radical (unpaired) electrons. The maximum Gasteiger partial charge on any atom is 0.107 e. The normalized spacial score (nSPS) is 13.4. The molecule has 5 heteroatoms. The zero-order valence-electron chi connectivity index (χ0n) is 10.3. The molecule has 3 nitrogen and oxygen atoms in total. The van der Waals surface area contributed by atoms with Gasteiger partial charge in [0.1, 0.15) is 5.01 Å². The molecule has 0 aliphatic rings. The van der Waals surface area contributed by atoms with Crippen molar-refractivity contribution in [3.05, 3.63) is 15.6 Å². The lowest BCUT2D eigenvalue weighted by Gasteiger charge is -2.18. The summed E-state index contributed by atoms with van der Waals surface area (Å²) in [6, 6.07) is 0. The Morgan fingerprint density at radius 3 is 2.69 bits per heavy atom. The van der Waals surface area contributed by atoms with E-state index in [1.807, 2.05) is 6.92 Å². The van der Waals surface area contributed by atoms with E-state index in [1.165, 1.54) is 4.88 Å². The van der Waals surface area contributed by atoms with Gasteiger partial charge in [-0.05, 0) is 20.9 Å². The molecule has 0 spiro atoms. The first-order valence-electron chi connectivity index (χ1n) is 5.27. The van der Waals surface area contributed by atoms with Gasteiger partial charge in [0.05, 0.1) is 24.2 Å². The Labute approximate surface area is 106 Å². The van der Waals surface area contributed by atoms with Crippen LogP contribution in [0.25, 0.3) is 0 Å². The van der Waals surface area contributed by atoms with Crippen LogP contribution >= 0.6 is 22.9 Å². The minimum atomic E-state index is 0.0390. The number of thiazole rings is 1. The van der Waals surface area contributed by atoms with Crippen molar-refractivity contribution in [2.24, 2.45) is 0 Å². The summed E-state index contributed by atoms with van der Waals surface area (Å²) in [4.78, 5) is 7.98. The van der Waals surface area contributed by atoms with Crippen LogP contribution in [0, 0.1) is 13.8 Å². The SMILES string of the molecule is COCC(Cl)CN(C)Cc1nc(C)c(C)s1. The van der Waals surface area contributed by atoms with E-state index in [0.717, 1.165) is 23.8 Å². The Hall–Kier alpha value is -0.160. The Morgan fingerprint density at radius 1 is 1.50 bits per heavy atom. The third kappa shape index (κ3) is 4.37. The number of halogens is 1. The number of aromatic nitrogens is 1. The molecule has 0 saturated carbocycles. The van der Waals surface area contributed by atoms with Crippen LogP contribution in [0.15, 0.2) is 0 Å². The first-order chi connectivity index (χ1) is 7.52. The molecule has 0 aliphatic heterocycles. The maximum absolute atomic E-state index is 6.09. The van der Waals surface area contributed by atoms with Crippen molar-refractivity contribution in [1.82, 2.24) is 9.88 Å². The number of hydrogen-bond donors (Lipinski definition) is 0. The molecule has 0 bridgehead atoms. The van der Waals surface area contributed by atoms with Crippen molar-refractivity contribution >= 4 is 22.9 Å². The topological polar surface area (TPSA) is 25.4 Å². The Bertz CT molecular complexity index is 310. The fourth-order valence-electron chi connectivity index (χ4n) is 1.47. The molecule has 1 aromatic heterocycles. The van der Waals surface area contributed by atoms with Crippen LogP contribution in [0.1, 0.15) is 15.6 Å². The van der Waals surface area contributed by atoms with Crippen molar-refractivity contribution < 1.29 is 4.74 Å². The van der Waals surface area contributed by atoms with Gasteiger partial charge in [0, 0.05) is 18.5 Å². The second kappa shape index (κ2) is 6.55. The summed E-state index contributed by atoms with van der Waals surface area (Å²) in [5, 5.41) is 1.19. The summed E-state index contributed by atoms with van der Waals surface area (Å²) in [5.41, 5.74) is 1.13. The highest BCUT2D eigenvalue weighted by Gasteiger charge is 2.11. The average molecular weight is 263 g/mol. The van der Waals surface area contributed by atoms with Crippen LogP contribution in [0.5, 0.6) is 0 Å². The van der Waals surface area contributed by atoms with E-state index < -0.39 is 0 Å². The number of methoxy groups -OCH3 is 1. The van der Waals surface area contributed by atoms with E-state index >= 15 is 0 Å². The molecule has 1 atom stereocenters. The van der Waals surface area contributed by atoms with Crippen molar-refractivity contribution in [2.75, 3.05) is 27.3 Å². The molecule has 0 aliphatic carbocycles. The number of aryl methyl sites for hydroxylation is 2. The lowest BCUT2D eigenvalue weighted by molar-refractivity contribution is 0.181. The second-order valence-electron chi connectivity index (χ2n) is 4.00. The molecule has 92 valence electrons. The van der Waals surface area contributed by atoms with Crippen LogP contribution in [0.2, 0.25) is 0 Å². The lowest BCUT2D eigenvalue weighted by atomic mass is 10.4. The first kappa shape index (κ1) is 13.9. The molecule has 1 rings (SSSR count). The second-order valence-corrected chi connectivity index (χ2v) is 5.90. The van der Waals surface area contributed by atoms with Gasteiger partial charge in [-0.1, -0.05) is 0 Å². The van der Waals surface area contributed by atoms with Gasteiger partial charge in [0.2, 0.25) is 0 Å². The molecule has 16 heavy (non-hydrogen) atoms. The van der Waals surface area contributed by atoms with Crippen molar-refractivity contribution in [3.8, 4) is 0 Å². The van der Waals surface area contributed by atoms with E-state index in [1.54, 1.807) is 18.4 Å². The number of alkyl halides is 1. The average Bonchev–Trinajstić information content (AvgIpc) is 2.45. The lowest BCUT2D eigenvalue weighted by Crippen LogP contribution is -2.28. The van der Waals surface area contributed by atoms with Crippen molar-refractivity contribution in [3.63, 3.8) is 0 Å². The summed E-state index contributed by atoms with van der Waals surface area (Å²) < 4.78 is 5.01. The van der Waals surface area contributed by atoms with Crippen LogP contribution in [-0.4, -0.2) is 42.6 Å². The molecule has 0 fully saturated rings. The van der Waals surface area contributed by atoms with E-state index in [4.69, 9.17) is 16.3 Å². The summed E-state index contributed by atoms with van der Waals surface area (Å²) in [6.07, 6.45) is 0. The van der Waals surface area contributed by atoms with Crippen LogP contribution < -0.4 is 0 Å². The monoisotopic (exact) mass is 262 g/mol. The van der Waals surface area contributed by atoms with E-state index in [0.29, 0.717) is 6.61 Å². The third-order valence-electron chi connectivity index (χ3n) is 2.34. The minimum Gasteiger partial charge on any atom is -0.383 e. The molecule has 0 amide bonds. The highest BCUT2D eigenvalue weighted by molar-refractivity contribution is 7.11. The zero-order valence-corrected chi connectivity index (χ0v) is 11.9. The smallest absolute Gasteiger partial charge is 0.107 e. The largest absolute Gasteiger partial charge is 0.383 e. The Morgan fingerprint density at radius 2 is 2.19 bits per heavy atom. The van der Waals surface area contributed by atoms with E-state index in [-0.39, 0.29) is 5.38 Å². The number of ether oxygens (including phenoxy) is 1. The molecule has 1 unspecified atom stereocenters. The highest BCUT2D eigenvalue weighted by atomic mass is 35.5. The molecule has 0 saturated heterocycles. The first-order valence-corrected chi connectivity index (χ1v) is 6.52. The van der Waals surface area contributed by atoms with Gasteiger partial charge in [-0.2, -0.15) is 0 Å². The highest BCUT2D eigenvalue weighted by Crippen LogP contribution is 2.17. The number of nitrogens with zero attached hydrogens (tertiary/aromatic N) is 2. The minimum absolute atomic E-state index is 0.0390. The zero-order chi connectivity index (χ0) is 12.1. The van der Waals surface area contributed by atoms with Gasteiger partial charge >= 0.3 is 0 Å². The summed E-state index contributed by atoms with van der Waals surface area (Å²) in [6.45, 7) is 6.40. The summed E-state index contributed by atoms with van der Waals surface area (Å²) >= 11 is 7.85. The van der Waals surface area contributed by atoms with Crippen LogP contribution in [-0.2, 0) is 11.3 Å². The molecular weight excluding hydrogens is 244 g/mol. The molecular formula is C11H19ClN2OS. The summed E-state index contributed by atoms with van der Waals surface area (Å²) in [7, 11) is 3.72. The summed E-state index contributed by atoms with van der Waals surface area (Å²) in [5.74, 6) is 0. The fourth-order valence-corrected chi connectivity index (χ4v) is 2.85. The van der Waals surface area contributed by atoms with Crippen molar-refractivity contribution in [2.45, 2.75) is 25.8 Å². The van der Waals surface area contributed by atoms with Gasteiger partial charge < -0.3 is 4.74 Å². The third-order valence-corrected chi connectivity index (χ3v) is 3.66. The molecule has 1 aromatic rings. The van der Waals surface area contributed by atoms with Gasteiger partial charge in [-0.15, -0.1) is 22.9 Å². The van der Waals surface area contributed by atoms with Gasteiger partial charge in [-0.3, -0.25) is 4.90 Å². The van der Waals surface area contributed by atoms with Crippen LogP contribution in [0.4, 0.5) is 0 Å². The molecule has 0 N–H and O–H groups in total. The Kier molecular flexibility index (Phi) is 5.69. The van der Waals surface area contributed by atoms with Gasteiger partial charge in [0.15, 0.2) is 0 Å². The molecule has 0 aromatic carbocycles. The quantitative estimate of drug-likeness (QED) is 0.737. The number of hydrogen-bond acceptors (Lipinski definition) is 4. The van der Waals surface area contributed by atoms with Crippen LogP contribution in [0.3, 0.4) is 0 Å². The van der Waals surface area contributed by atoms with E-state index in [2.05, 4.69) is 23.9 Å². The maximum atomic E-state index is 6.09. The van der Waals surface area contributed by atoms with Crippen molar-refractivity contribution in [1.29, 1.82) is 0 Å². The standard InChI is InChI=1S/C11H19ClN2OS/c1-8-9(2)16-11(13-8)6-14(3)5-10(12)7-15-4/h10H,5-7H2,1-4H3.